The zero-order valence-corrected chi connectivity index (χ0v) is 16.5. The van der Waals surface area contributed by atoms with E-state index in [1.165, 1.54) is 0 Å². The van der Waals surface area contributed by atoms with Crippen molar-refractivity contribution in [2.45, 2.75) is 26.7 Å². The SMILES string of the molecule is CC(=O)C(c1c(O)c2ccc(C)cc2oc1=O)c1c(O)c2ccc(C)cc2oc1=O. The summed E-state index contributed by atoms with van der Waals surface area (Å²) in [6, 6.07) is 9.67. The van der Waals surface area contributed by atoms with Gasteiger partial charge in [0.1, 0.15) is 28.4 Å². The third-order valence-electron chi connectivity index (χ3n) is 5.12. The van der Waals surface area contributed by atoms with Crippen molar-refractivity contribution in [1.82, 2.24) is 0 Å². The van der Waals surface area contributed by atoms with Crippen LogP contribution in [0, 0.1) is 13.8 Å². The Morgan fingerprint density at radius 1 is 0.800 bits per heavy atom. The van der Waals surface area contributed by atoms with Crippen molar-refractivity contribution in [3.63, 3.8) is 0 Å². The minimum atomic E-state index is -1.56. The molecule has 0 aliphatic carbocycles. The Morgan fingerprint density at radius 3 is 1.57 bits per heavy atom. The van der Waals surface area contributed by atoms with Gasteiger partial charge in [0, 0.05) is 0 Å². The number of aryl methyl sites for hydroxylation is 2. The molecule has 0 aliphatic heterocycles. The molecule has 30 heavy (non-hydrogen) atoms. The van der Waals surface area contributed by atoms with Gasteiger partial charge in [-0.3, -0.25) is 4.79 Å². The number of carbonyl (C=O) groups is 1. The molecule has 0 spiro atoms. The average molecular weight is 406 g/mol. The third kappa shape index (κ3) is 2.95. The van der Waals surface area contributed by atoms with Crippen LogP contribution < -0.4 is 11.3 Å². The zero-order valence-electron chi connectivity index (χ0n) is 16.5. The van der Waals surface area contributed by atoms with E-state index in [0.717, 1.165) is 18.1 Å². The molecule has 7 heteroatoms. The average Bonchev–Trinajstić information content (AvgIpc) is 2.65. The molecule has 0 saturated heterocycles. The van der Waals surface area contributed by atoms with Crippen molar-refractivity contribution in [3.8, 4) is 11.5 Å². The van der Waals surface area contributed by atoms with Crippen LogP contribution in [0.1, 0.15) is 35.1 Å². The molecular formula is C23H18O7. The predicted molar refractivity (Wildman–Crippen MR) is 110 cm³/mol. The van der Waals surface area contributed by atoms with E-state index in [2.05, 4.69) is 0 Å². The lowest BCUT2D eigenvalue weighted by Gasteiger charge is -2.17. The van der Waals surface area contributed by atoms with E-state index in [1.807, 2.05) is 0 Å². The Labute approximate surface area is 169 Å². The first-order chi connectivity index (χ1) is 14.2. The van der Waals surface area contributed by atoms with Crippen LogP contribution in [0.15, 0.2) is 54.8 Å². The van der Waals surface area contributed by atoms with Crippen molar-refractivity contribution in [2.75, 3.05) is 0 Å². The predicted octanol–water partition coefficient (Wildman–Crippen LogP) is 3.65. The van der Waals surface area contributed by atoms with Gasteiger partial charge in [0.15, 0.2) is 0 Å². The molecule has 0 atom stereocenters. The van der Waals surface area contributed by atoms with Crippen molar-refractivity contribution in [1.29, 1.82) is 0 Å². The van der Waals surface area contributed by atoms with Crippen LogP contribution in [0.25, 0.3) is 21.9 Å². The number of hydrogen-bond acceptors (Lipinski definition) is 7. The lowest BCUT2D eigenvalue weighted by atomic mass is 9.87. The maximum absolute atomic E-state index is 12.7. The Kier molecular flexibility index (Phi) is 4.46. The van der Waals surface area contributed by atoms with Crippen LogP contribution in [0.4, 0.5) is 0 Å². The molecule has 0 amide bonds. The summed E-state index contributed by atoms with van der Waals surface area (Å²) in [4.78, 5) is 38.0. The van der Waals surface area contributed by atoms with Crippen molar-refractivity contribution >= 4 is 27.7 Å². The Balaban J connectivity index is 2.08. The van der Waals surface area contributed by atoms with E-state index in [4.69, 9.17) is 8.83 Å². The van der Waals surface area contributed by atoms with Crippen molar-refractivity contribution in [2.24, 2.45) is 0 Å². The zero-order chi connectivity index (χ0) is 21.7. The molecule has 0 bridgehead atoms. The summed E-state index contributed by atoms with van der Waals surface area (Å²) in [5.41, 5.74) is -0.890. The van der Waals surface area contributed by atoms with E-state index in [0.29, 0.717) is 0 Å². The Hall–Kier alpha value is -3.87. The molecule has 2 heterocycles. The van der Waals surface area contributed by atoms with Gasteiger partial charge in [0.05, 0.1) is 27.8 Å². The van der Waals surface area contributed by atoms with Crippen LogP contribution in [0.5, 0.6) is 11.5 Å². The van der Waals surface area contributed by atoms with Gasteiger partial charge in [-0.25, -0.2) is 9.59 Å². The number of aromatic hydroxyl groups is 2. The van der Waals surface area contributed by atoms with Crippen LogP contribution >= 0.6 is 0 Å². The van der Waals surface area contributed by atoms with Crippen LogP contribution in [-0.2, 0) is 4.79 Å². The highest BCUT2D eigenvalue weighted by atomic mass is 16.4. The molecule has 4 rings (SSSR count). The summed E-state index contributed by atoms with van der Waals surface area (Å²) in [5, 5.41) is 22.0. The van der Waals surface area contributed by atoms with Gasteiger partial charge in [-0.2, -0.15) is 0 Å². The molecular weight excluding hydrogens is 388 g/mol. The quantitative estimate of drug-likeness (QED) is 0.499. The molecule has 7 nitrogen and oxygen atoms in total. The molecule has 0 saturated carbocycles. The number of Topliss-reactive ketones (excluding diaryl/α,β-unsaturated/α-hetero) is 1. The standard InChI is InChI=1S/C23H18O7/c1-10-4-6-13-15(8-10)29-22(27)18(20(13)25)17(12(3)24)19-21(26)14-7-5-11(2)9-16(14)30-23(19)28/h4-9,17,25-26H,1-3H3. The highest BCUT2D eigenvalue weighted by molar-refractivity contribution is 5.94. The van der Waals surface area contributed by atoms with E-state index in [1.54, 1.807) is 50.2 Å². The van der Waals surface area contributed by atoms with Crippen molar-refractivity contribution < 1.29 is 23.8 Å². The molecule has 2 N–H and O–H groups in total. The second-order valence-electron chi connectivity index (χ2n) is 7.35. The number of benzene rings is 2. The van der Waals surface area contributed by atoms with Gasteiger partial charge in [-0.05, 0) is 56.2 Å². The number of ketones is 1. The maximum Gasteiger partial charge on any atom is 0.344 e. The molecule has 0 fully saturated rings. The van der Waals surface area contributed by atoms with E-state index < -0.39 is 45.6 Å². The highest BCUT2D eigenvalue weighted by Gasteiger charge is 2.34. The first-order valence-electron chi connectivity index (χ1n) is 9.22. The summed E-state index contributed by atoms with van der Waals surface area (Å²) in [7, 11) is 0. The van der Waals surface area contributed by atoms with Crippen LogP contribution in [-0.4, -0.2) is 16.0 Å². The fourth-order valence-corrected chi connectivity index (χ4v) is 3.67. The number of rotatable bonds is 3. The fourth-order valence-electron chi connectivity index (χ4n) is 3.67. The van der Waals surface area contributed by atoms with Gasteiger partial charge in [0.2, 0.25) is 0 Å². The first kappa shape index (κ1) is 19.4. The highest BCUT2D eigenvalue weighted by Crippen LogP contribution is 2.39. The second-order valence-corrected chi connectivity index (χ2v) is 7.35. The van der Waals surface area contributed by atoms with Crippen LogP contribution in [0.3, 0.4) is 0 Å². The monoisotopic (exact) mass is 406 g/mol. The molecule has 4 aromatic rings. The molecule has 2 aromatic heterocycles. The normalized spacial score (nSPS) is 11.5. The minimum Gasteiger partial charge on any atom is -0.507 e. The smallest absolute Gasteiger partial charge is 0.344 e. The van der Waals surface area contributed by atoms with Gasteiger partial charge < -0.3 is 19.0 Å². The van der Waals surface area contributed by atoms with E-state index in [9.17, 15) is 24.6 Å². The third-order valence-corrected chi connectivity index (χ3v) is 5.12. The molecule has 0 aliphatic rings. The number of carbonyl (C=O) groups excluding carboxylic acids is 1. The topological polar surface area (TPSA) is 118 Å². The molecule has 152 valence electrons. The Bertz CT molecular complexity index is 1350. The van der Waals surface area contributed by atoms with E-state index in [-0.39, 0.29) is 21.9 Å². The lowest BCUT2D eigenvalue weighted by molar-refractivity contribution is -0.117. The summed E-state index contributed by atoms with van der Waals surface area (Å²) in [6.07, 6.45) is 0. The second kappa shape index (κ2) is 6.88. The Morgan fingerprint density at radius 2 is 1.20 bits per heavy atom. The van der Waals surface area contributed by atoms with Crippen LogP contribution in [0.2, 0.25) is 0 Å². The van der Waals surface area contributed by atoms with Crippen molar-refractivity contribution in [3.05, 3.63) is 79.5 Å². The summed E-state index contributed by atoms with van der Waals surface area (Å²) < 4.78 is 10.6. The largest absolute Gasteiger partial charge is 0.507 e. The van der Waals surface area contributed by atoms with Gasteiger partial charge >= 0.3 is 11.3 Å². The van der Waals surface area contributed by atoms with E-state index >= 15 is 0 Å². The minimum absolute atomic E-state index is 0.147. The number of fused-ring (bicyclic) bond motifs is 2. The fraction of sp³-hybridized carbons (Fsp3) is 0.174. The molecule has 2 aromatic carbocycles. The maximum atomic E-state index is 12.7. The summed E-state index contributed by atoms with van der Waals surface area (Å²) in [6.45, 7) is 4.74. The number of hydrogen-bond donors (Lipinski definition) is 2. The summed E-state index contributed by atoms with van der Waals surface area (Å²) >= 11 is 0. The first-order valence-corrected chi connectivity index (χ1v) is 9.22. The lowest BCUT2D eigenvalue weighted by Crippen LogP contribution is -2.24. The molecule has 0 radical (unpaired) electrons. The van der Waals surface area contributed by atoms with Gasteiger partial charge in [0.25, 0.3) is 0 Å². The summed E-state index contributed by atoms with van der Waals surface area (Å²) in [5.74, 6) is -3.17. The molecule has 0 unspecified atom stereocenters. The van der Waals surface area contributed by atoms with Gasteiger partial charge in [-0.15, -0.1) is 0 Å². The van der Waals surface area contributed by atoms with Gasteiger partial charge in [-0.1, -0.05) is 12.1 Å².